The molecule has 1 aromatic rings. The lowest BCUT2D eigenvalue weighted by molar-refractivity contribution is 0.0323. The first-order valence-electron chi connectivity index (χ1n) is 6.07. The van der Waals surface area contributed by atoms with Crippen LogP contribution in [0.25, 0.3) is 10.4 Å². The van der Waals surface area contributed by atoms with Crippen molar-refractivity contribution in [2.75, 3.05) is 39.5 Å². The van der Waals surface area contributed by atoms with E-state index in [4.69, 9.17) is 15.0 Å². The van der Waals surface area contributed by atoms with Crippen molar-refractivity contribution < 1.29 is 13.9 Å². The molecule has 1 aliphatic heterocycles. The van der Waals surface area contributed by atoms with Gasteiger partial charge in [-0.25, -0.2) is 4.39 Å². The van der Waals surface area contributed by atoms with E-state index in [1.807, 2.05) is 0 Å². The van der Waals surface area contributed by atoms with Crippen molar-refractivity contribution in [3.63, 3.8) is 0 Å². The number of hydrogen-bond donors (Lipinski definition) is 0. The monoisotopic (exact) mass is 266 g/mol. The minimum Gasteiger partial charge on any atom is -0.492 e. The molecule has 7 heteroatoms. The van der Waals surface area contributed by atoms with Gasteiger partial charge < -0.3 is 9.47 Å². The number of halogens is 1. The molecule has 0 aliphatic carbocycles. The van der Waals surface area contributed by atoms with Crippen LogP contribution in [0.5, 0.6) is 5.75 Å². The Morgan fingerprint density at radius 1 is 1.42 bits per heavy atom. The first kappa shape index (κ1) is 13.6. The number of hydrogen-bond acceptors (Lipinski definition) is 4. The third-order valence-electron chi connectivity index (χ3n) is 2.84. The van der Waals surface area contributed by atoms with Gasteiger partial charge in [-0.15, -0.1) is 0 Å². The molecule has 0 N–H and O–H groups in total. The molecule has 1 fully saturated rings. The molecule has 0 radical (unpaired) electrons. The van der Waals surface area contributed by atoms with Gasteiger partial charge in [0.2, 0.25) is 0 Å². The minimum atomic E-state index is -0.456. The Hall–Kier alpha value is -1.82. The van der Waals surface area contributed by atoms with Crippen LogP contribution in [0.15, 0.2) is 23.3 Å². The lowest BCUT2D eigenvalue weighted by Gasteiger charge is -2.26. The number of benzene rings is 1. The van der Waals surface area contributed by atoms with Crippen LogP contribution < -0.4 is 4.74 Å². The Labute approximate surface area is 110 Å². The Morgan fingerprint density at radius 3 is 2.95 bits per heavy atom. The Balaban J connectivity index is 1.89. The summed E-state index contributed by atoms with van der Waals surface area (Å²) in [7, 11) is 0. The van der Waals surface area contributed by atoms with Gasteiger partial charge in [-0.1, -0.05) is 5.11 Å². The SMILES string of the molecule is [N-]=[N+]=Nc1cc(F)ccc1OCCN1CCOCC1. The third-order valence-corrected chi connectivity index (χ3v) is 2.84. The van der Waals surface area contributed by atoms with Gasteiger partial charge in [-0.3, -0.25) is 4.90 Å². The summed E-state index contributed by atoms with van der Waals surface area (Å²) in [6.07, 6.45) is 0. The second-order valence-corrected chi connectivity index (χ2v) is 4.10. The van der Waals surface area contributed by atoms with Gasteiger partial charge in [0.15, 0.2) is 0 Å². The molecule has 6 nitrogen and oxygen atoms in total. The average molecular weight is 266 g/mol. The van der Waals surface area contributed by atoms with Crippen LogP contribution in [-0.4, -0.2) is 44.4 Å². The molecular formula is C12H15FN4O2. The summed E-state index contributed by atoms with van der Waals surface area (Å²) in [4.78, 5) is 4.88. The molecule has 19 heavy (non-hydrogen) atoms. The zero-order valence-corrected chi connectivity index (χ0v) is 10.5. The summed E-state index contributed by atoms with van der Waals surface area (Å²) in [5.74, 6) is -0.0598. The highest BCUT2D eigenvalue weighted by Crippen LogP contribution is 2.28. The number of morpholine rings is 1. The van der Waals surface area contributed by atoms with Crippen LogP contribution in [0.3, 0.4) is 0 Å². The van der Waals surface area contributed by atoms with Crippen molar-refractivity contribution in [1.29, 1.82) is 0 Å². The second-order valence-electron chi connectivity index (χ2n) is 4.10. The van der Waals surface area contributed by atoms with E-state index in [1.54, 1.807) is 0 Å². The number of azide groups is 1. The van der Waals surface area contributed by atoms with Gasteiger partial charge in [-0.2, -0.15) is 0 Å². The maximum atomic E-state index is 13.0. The Kier molecular flexibility index (Phi) is 4.97. The maximum absolute atomic E-state index is 13.0. The lowest BCUT2D eigenvalue weighted by atomic mass is 10.3. The summed E-state index contributed by atoms with van der Waals surface area (Å²) in [5.41, 5.74) is 8.59. The van der Waals surface area contributed by atoms with Crippen molar-refractivity contribution in [3.05, 3.63) is 34.5 Å². The van der Waals surface area contributed by atoms with Crippen molar-refractivity contribution in [2.45, 2.75) is 0 Å². The molecule has 1 aromatic carbocycles. The fourth-order valence-corrected chi connectivity index (χ4v) is 1.85. The molecule has 0 saturated carbocycles. The van der Waals surface area contributed by atoms with E-state index in [1.165, 1.54) is 12.1 Å². The molecule has 0 atom stereocenters. The predicted octanol–water partition coefficient (Wildman–Crippen LogP) is 2.48. The molecule has 1 saturated heterocycles. The molecule has 0 unspecified atom stereocenters. The fraction of sp³-hybridized carbons (Fsp3) is 0.500. The van der Waals surface area contributed by atoms with Gasteiger partial charge >= 0.3 is 0 Å². The van der Waals surface area contributed by atoms with Crippen molar-refractivity contribution in [2.24, 2.45) is 5.11 Å². The van der Waals surface area contributed by atoms with Crippen LogP contribution in [0, 0.1) is 5.82 Å². The van der Waals surface area contributed by atoms with Crippen LogP contribution in [0.4, 0.5) is 10.1 Å². The topological polar surface area (TPSA) is 70.5 Å². The van der Waals surface area contributed by atoms with Crippen LogP contribution in [0.2, 0.25) is 0 Å². The molecule has 0 aromatic heterocycles. The van der Waals surface area contributed by atoms with Crippen LogP contribution in [-0.2, 0) is 4.74 Å². The van der Waals surface area contributed by atoms with E-state index < -0.39 is 5.82 Å². The summed E-state index contributed by atoms with van der Waals surface area (Å²) in [6, 6.07) is 3.91. The van der Waals surface area contributed by atoms with E-state index in [0.29, 0.717) is 12.4 Å². The van der Waals surface area contributed by atoms with Crippen molar-refractivity contribution in [3.8, 4) is 5.75 Å². The normalized spacial score (nSPS) is 15.8. The second kappa shape index (κ2) is 6.94. The van der Waals surface area contributed by atoms with Crippen LogP contribution >= 0.6 is 0 Å². The van der Waals surface area contributed by atoms with Gasteiger partial charge in [-0.05, 0) is 23.7 Å². The van der Waals surface area contributed by atoms with Gasteiger partial charge in [0.05, 0.1) is 18.9 Å². The first-order chi connectivity index (χ1) is 9.29. The summed E-state index contributed by atoms with van der Waals surface area (Å²) >= 11 is 0. The third kappa shape index (κ3) is 4.10. The zero-order valence-electron chi connectivity index (χ0n) is 10.5. The molecule has 102 valence electrons. The Morgan fingerprint density at radius 2 is 2.21 bits per heavy atom. The summed E-state index contributed by atoms with van der Waals surface area (Å²) in [6.45, 7) is 4.46. The quantitative estimate of drug-likeness (QED) is 0.467. The lowest BCUT2D eigenvalue weighted by Crippen LogP contribution is -2.38. The highest BCUT2D eigenvalue weighted by molar-refractivity contribution is 5.51. The largest absolute Gasteiger partial charge is 0.492 e. The zero-order chi connectivity index (χ0) is 13.5. The summed E-state index contributed by atoms with van der Waals surface area (Å²) < 4.78 is 23.8. The molecule has 1 heterocycles. The number of ether oxygens (including phenoxy) is 2. The molecule has 0 amide bonds. The number of nitrogens with zero attached hydrogens (tertiary/aromatic N) is 4. The van der Waals surface area contributed by atoms with E-state index in [-0.39, 0.29) is 5.69 Å². The maximum Gasteiger partial charge on any atom is 0.129 e. The van der Waals surface area contributed by atoms with Crippen LogP contribution in [0.1, 0.15) is 0 Å². The predicted molar refractivity (Wildman–Crippen MR) is 68.0 cm³/mol. The molecule has 0 bridgehead atoms. The average Bonchev–Trinajstić information content (AvgIpc) is 2.43. The smallest absolute Gasteiger partial charge is 0.129 e. The van der Waals surface area contributed by atoms with E-state index in [2.05, 4.69) is 14.9 Å². The fourth-order valence-electron chi connectivity index (χ4n) is 1.85. The van der Waals surface area contributed by atoms with Gasteiger partial charge in [0.1, 0.15) is 18.2 Å². The van der Waals surface area contributed by atoms with E-state index in [0.717, 1.165) is 38.9 Å². The standard InChI is InChI=1S/C12H15FN4O2/c13-10-1-2-12(11(9-10)15-16-14)19-8-5-17-3-6-18-7-4-17/h1-2,9H,3-8H2. The molecule has 0 spiro atoms. The number of rotatable bonds is 5. The van der Waals surface area contributed by atoms with Gasteiger partial charge in [0, 0.05) is 24.5 Å². The molecule has 1 aliphatic rings. The highest BCUT2D eigenvalue weighted by Gasteiger charge is 2.10. The van der Waals surface area contributed by atoms with Gasteiger partial charge in [0.25, 0.3) is 0 Å². The van der Waals surface area contributed by atoms with Crippen molar-refractivity contribution >= 4 is 5.69 Å². The molecule has 2 rings (SSSR count). The molecular weight excluding hydrogens is 251 g/mol. The van der Waals surface area contributed by atoms with Crippen molar-refractivity contribution in [1.82, 2.24) is 4.90 Å². The minimum absolute atomic E-state index is 0.171. The van der Waals surface area contributed by atoms with E-state index in [9.17, 15) is 4.39 Å². The Bertz CT molecular complexity index is 471. The summed E-state index contributed by atoms with van der Waals surface area (Å²) in [5, 5.41) is 3.41. The first-order valence-corrected chi connectivity index (χ1v) is 6.07. The highest BCUT2D eigenvalue weighted by atomic mass is 19.1. The van der Waals surface area contributed by atoms with E-state index >= 15 is 0 Å².